The van der Waals surface area contributed by atoms with Crippen molar-refractivity contribution in [2.45, 2.75) is 12.3 Å². The molecule has 1 rings (SSSR count). The number of aldehydes is 1. The number of hydrogen-bond acceptors (Lipinski definition) is 6. The van der Waals surface area contributed by atoms with E-state index in [1.54, 1.807) is 0 Å². The maximum atomic E-state index is 11.7. The van der Waals surface area contributed by atoms with Crippen molar-refractivity contribution in [2.75, 3.05) is 14.2 Å². The minimum absolute atomic E-state index is 0.0382. The summed E-state index contributed by atoms with van der Waals surface area (Å²) in [6.07, 6.45) is 0.261. The van der Waals surface area contributed by atoms with Crippen molar-refractivity contribution < 1.29 is 29.0 Å². The summed E-state index contributed by atoms with van der Waals surface area (Å²) in [5.74, 6) is -2.26. The average Bonchev–Trinajstić information content (AvgIpc) is 2.44. The Morgan fingerprint density at radius 1 is 1.32 bits per heavy atom. The third-order valence-electron chi connectivity index (χ3n) is 2.67. The normalized spacial score (nSPS) is 11.5. The van der Waals surface area contributed by atoms with Crippen molar-refractivity contribution in [3.8, 4) is 5.75 Å². The Balaban J connectivity index is 3.13. The van der Waals surface area contributed by atoms with E-state index in [-0.39, 0.29) is 17.7 Å². The molecule has 0 radical (unpaired) electrons. The Bertz CT molecular complexity index is 494. The third kappa shape index (κ3) is 3.54. The second-order valence-electron chi connectivity index (χ2n) is 3.79. The van der Waals surface area contributed by atoms with E-state index in [1.165, 1.54) is 32.4 Å². The summed E-state index contributed by atoms with van der Waals surface area (Å²) >= 11 is 0. The highest BCUT2D eigenvalue weighted by atomic mass is 16.5. The van der Waals surface area contributed by atoms with Gasteiger partial charge in [-0.25, -0.2) is 0 Å². The fourth-order valence-corrected chi connectivity index (χ4v) is 1.61. The van der Waals surface area contributed by atoms with Gasteiger partial charge in [-0.1, -0.05) is 6.07 Å². The molecule has 0 heterocycles. The molecule has 0 saturated carbocycles. The van der Waals surface area contributed by atoms with Crippen molar-refractivity contribution >= 4 is 18.2 Å². The molecule has 1 atom stereocenters. The number of carbonyl (C=O) groups excluding carboxylic acids is 3. The van der Waals surface area contributed by atoms with E-state index in [9.17, 15) is 19.5 Å². The first-order valence-electron chi connectivity index (χ1n) is 5.46. The van der Waals surface area contributed by atoms with Gasteiger partial charge in [-0.3, -0.25) is 14.4 Å². The van der Waals surface area contributed by atoms with Gasteiger partial charge in [-0.05, 0) is 17.7 Å². The first-order valence-corrected chi connectivity index (χ1v) is 5.46. The van der Waals surface area contributed by atoms with E-state index in [0.717, 1.165) is 0 Å². The zero-order chi connectivity index (χ0) is 14.4. The molecule has 1 aromatic rings. The van der Waals surface area contributed by atoms with Crippen LogP contribution in [0.4, 0.5) is 0 Å². The Kier molecular flexibility index (Phi) is 5.05. The summed E-state index contributed by atoms with van der Waals surface area (Å²) in [6.45, 7) is 0. The summed E-state index contributed by atoms with van der Waals surface area (Å²) in [6, 6.07) is 4.08. The second-order valence-corrected chi connectivity index (χ2v) is 3.79. The zero-order valence-corrected chi connectivity index (χ0v) is 10.6. The molecular weight excluding hydrogens is 252 g/mol. The van der Waals surface area contributed by atoms with Crippen LogP contribution in [-0.2, 0) is 19.1 Å². The van der Waals surface area contributed by atoms with Crippen LogP contribution >= 0.6 is 0 Å². The van der Waals surface area contributed by atoms with Crippen LogP contribution in [0.25, 0.3) is 0 Å². The van der Waals surface area contributed by atoms with Crippen LogP contribution in [0, 0.1) is 0 Å². The number of ether oxygens (including phenoxy) is 2. The van der Waals surface area contributed by atoms with E-state index >= 15 is 0 Å². The van der Waals surface area contributed by atoms with Crippen LogP contribution in [0.5, 0.6) is 5.75 Å². The van der Waals surface area contributed by atoms with Gasteiger partial charge in [0.05, 0.1) is 32.1 Å². The van der Waals surface area contributed by atoms with Crippen LogP contribution in [0.15, 0.2) is 18.2 Å². The lowest BCUT2D eigenvalue weighted by molar-refractivity contribution is -0.149. The van der Waals surface area contributed by atoms with Gasteiger partial charge >= 0.3 is 11.9 Å². The first kappa shape index (κ1) is 14.7. The molecule has 6 heteroatoms. The van der Waals surface area contributed by atoms with Crippen LogP contribution in [0.2, 0.25) is 0 Å². The number of aromatic hydroxyl groups is 1. The number of carbonyl (C=O) groups is 3. The number of hydrogen-bond donors (Lipinski definition) is 1. The summed E-state index contributed by atoms with van der Waals surface area (Å²) in [4.78, 5) is 33.7. The predicted molar refractivity (Wildman–Crippen MR) is 64.9 cm³/mol. The molecule has 0 aliphatic rings. The van der Waals surface area contributed by atoms with Crippen LogP contribution in [-0.4, -0.2) is 37.6 Å². The summed E-state index contributed by atoms with van der Waals surface area (Å²) in [5.41, 5.74) is 0.438. The number of phenols is 1. The second kappa shape index (κ2) is 6.53. The number of esters is 2. The van der Waals surface area contributed by atoms with Gasteiger partial charge in [-0.15, -0.1) is 0 Å². The predicted octanol–water partition coefficient (Wildman–Crippen LogP) is 1.02. The Hall–Kier alpha value is -2.37. The summed E-state index contributed by atoms with van der Waals surface area (Å²) in [7, 11) is 2.41. The molecule has 0 bridgehead atoms. The molecule has 1 aromatic carbocycles. The van der Waals surface area contributed by atoms with Gasteiger partial charge in [0.2, 0.25) is 0 Å². The molecule has 0 aromatic heterocycles. The molecule has 0 aliphatic carbocycles. The van der Waals surface area contributed by atoms with Gasteiger partial charge in [0, 0.05) is 0 Å². The Morgan fingerprint density at radius 3 is 2.53 bits per heavy atom. The number of benzene rings is 1. The van der Waals surface area contributed by atoms with Gasteiger partial charge in [-0.2, -0.15) is 0 Å². The molecule has 0 amide bonds. The Labute approximate surface area is 109 Å². The standard InChI is InChI=1S/C13H14O6/c1-18-12(16)6-10(13(17)19-2)8-3-4-11(15)9(5-8)7-14/h3-5,7,10,15H,6H2,1-2H3/t10-/m1/s1. The van der Waals surface area contributed by atoms with Crippen molar-refractivity contribution in [1.29, 1.82) is 0 Å². The van der Waals surface area contributed by atoms with E-state index in [4.69, 9.17) is 0 Å². The first-order chi connectivity index (χ1) is 9.03. The molecule has 0 spiro atoms. The number of rotatable bonds is 5. The molecule has 0 fully saturated rings. The van der Waals surface area contributed by atoms with Crippen molar-refractivity contribution in [3.63, 3.8) is 0 Å². The van der Waals surface area contributed by atoms with Crippen LogP contribution in [0.1, 0.15) is 28.3 Å². The Morgan fingerprint density at radius 2 is 2.00 bits per heavy atom. The molecule has 0 unspecified atom stereocenters. The number of phenolic OH excluding ortho intramolecular Hbond substituents is 1. The zero-order valence-electron chi connectivity index (χ0n) is 10.6. The molecular formula is C13H14O6. The third-order valence-corrected chi connectivity index (χ3v) is 2.67. The maximum Gasteiger partial charge on any atom is 0.313 e. The van der Waals surface area contributed by atoms with Crippen molar-refractivity contribution in [1.82, 2.24) is 0 Å². The number of methoxy groups -OCH3 is 2. The van der Waals surface area contributed by atoms with Crippen molar-refractivity contribution in [2.24, 2.45) is 0 Å². The van der Waals surface area contributed by atoms with E-state index in [1.807, 2.05) is 0 Å². The largest absolute Gasteiger partial charge is 0.507 e. The van der Waals surface area contributed by atoms with Crippen LogP contribution in [0.3, 0.4) is 0 Å². The van der Waals surface area contributed by atoms with Crippen molar-refractivity contribution in [3.05, 3.63) is 29.3 Å². The molecule has 0 saturated heterocycles. The topological polar surface area (TPSA) is 89.9 Å². The average molecular weight is 266 g/mol. The SMILES string of the molecule is COC(=O)C[C@@H](C(=O)OC)c1ccc(O)c(C=O)c1. The van der Waals surface area contributed by atoms with Gasteiger partial charge in [0.25, 0.3) is 0 Å². The molecule has 0 aliphatic heterocycles. The minimum atomic E-state index is -0.878. The summed E-state index contributed by atoms with van der Waals surface area (Å²) < 4.78 is 9.13. The lowest BCUT2D eigenvalue weighted by atomic mass is 9.94. The van der Waals surface area contributed by atoms with Crippen LogP contribution < -0.4 is 0 Å². The smallest absolute Gasteiger partial charge is 0.313 e. The molecule has 19 heavy (non-hydrogen) atoms. The highest BCUT2D eigenvalue weighted by Gasteiger charge is 2.25. The lowest BCUT2D eigenvalue weighted by Crippen LogP contribution is -2.19. The highest BCUT2D eigenvalue weighted by Crippen LogP contribution is 2.26. The molecule has 6 nitrogen and oxygen atoms in total. The summed E-state index contributed by atoms with van der Waals surface area (Å²) in [5, 5.41) is 9.40. The lowest BCUT2D eigenvalue weighted by Gasteiger charge is -2.14. The fourth-order valence-electron chi connectivity index (χ4n) is 1.61. The van der Waals surface area contributed by atoms with E-state index in [2.05, 4.69) is 9.47 Å². The quantitative estimate of drug-likeness (QED) is 0.632. The van der Waals surface area contributed by atoms with Gasteiger partial charge < -0.3 is 14.6 Å². The van der Waals surface area contributed by atoms with E-state index in [0.29, 0.717) is 11.8 Å². The highest BCUT2D eigenvalue weighted by molar-refractivity contribution is 5.86. The fraction of sp³-hybridized carbons (Fsp3) is 0.308. The monoisotopic (exact) mass is 266 g/mol. The molecule has 102 valence electrons. The molecule has 1 N–H and O–H groups in total. The van der Waals surface area contributed by atoms with Gasteiger partial charge in [0.1, 0.15) is 5.75 Å². The van der Waals surface area contributed by atoms with E-state index < -0.39 is 17.9 Å². The van der Waals surface area contributed by atoms with Gasteiger partial charge in [0.15, 0.2) is 6.29 Å². The maximum absolute atomic E-state index is 11.7. The minimum Gasteiger partial charge on any atom is -0.507 e.